The van der Waals surface area contributed by atoms with Crippen LogP contribution in [0.1, 0.15) is 29.7 Å². The first-order chi connectivity index (χ1) is 10.1. The number of aliphatic hydroxyl groups is 1. The van der Waals surface area contributed by atoms with Crippen LogP contribution in [0, 0.1) is 11.3 Å². The monoisotopic (exact) mass is 283 g/mol. The zero-order valence-electron chi connectivity index (χ0n) is 12.0. The number of aliphatic hydroxyl groups excluding tert-OH is 1. The van der Waals surface area contributed by atoms with Crippen LogP contribution in [0.2, 0.25) is 0 Å². The molecular formula is C17H17NO3. The SMILES string of the molecule is COc1ccc(C#N)cc1COc1cccc(C(C)O)c1. The zero-order chi connectivity index (χ0) is 15.2. The Morgan fingerprint density at radius 2 is 2.05 bits per heavy atom. The molecule has 0 saturated heterocycles. The summed E-state index contributed by atoms with van der Waals surface area (Å²) in [4.78, 5) is 0. The summed E-state index contributed by atoms with van der Waals surface area (Å²) < 4.78 is 11.0. The number of methoxy groups -OCH3 is 1. The van der Waals surface area contributed by atoms with Crippen LogP contribution < -0.4 is 9.47 Å². The lowest BCUT2D eigenvalue weighted by molar-refractivity contribution is 0.198. The largest absolute Gasteiger partial charge is 0.496 e. The number of ether oxygens (including phenoxy) is 2. The Morgan fingerprint density at radius 3 is 2.71 bits per heavy atom. The molecule has 4 heteroatoms. The maximum absolute atomic E-state index is 9.57. The molecule has 0 saturated carbocycles. The third-order valence-corrected chi connectivity index (χ3v) is 3.14. The summed E-state index contributed by atoms with van der Waals surface area (Å²) in [6.07, 6.45) is -0.537. The first kappa shape index (κ1) is 14.9. The number of nitrogens with zero attached hydrogens (tertiary/aromatic N) is 1. The highest BCUT2D eigenvalue weighted by Gasteiger charge is 2.07. The normalized spacial score (nSPS) is 11.5. The molecule has 0 aliphatic carbocycles. The summed E-state index contributed by atoms with van der Waals surface area (Å²) >= 11 is 0. The van der Waals surface area contributed by atoms with Gasteiger partial charge in [-0.05, 0) is 42.8 Å². The molecule has 2 aromatic rings. The van der Waals surface area contributed by atoms with Crippen molar-refractivity contribution in [1.82, 2.24) is 0 Å². The first-order valence-electron chi connectivity index (χ1n) is 6.62. The van der Waals surface area contributed by atoms with Gasteiger partial charge in [0.05, 0.1) is 24.8 Å². The van der Waals surface area contributed by atoms with Crippen LogP contribution in [-0.4, -0.2) is 12.2 Å². The molecule has 4 nitrogen and oxygen atoms in total. The first-order valence-corrected chi connectivity index (χ1v) is 6.62. The van der Waals surface area contributed by atoms with E-state index < -0.39 is 6.10 Å². The highest BCUT2D eigenvalue weighted by molar-refractivity contribution is 5.42. The van der Waals surface area contributed by atoms with Crippen LogP contribution in [-0.2, 0) is 6.61 Å². The summed E-state index contributed by atoms with van der Waals surface area (Å²) in [7, 11) is 1.58. The van der Waals surface area contributed by atoms with Gasteiger partial charge in [0.25, 0.3) is 0 Å². The van der Waals surface area contributed by atoms with E-state index in [2.05, 4.69) is 6.07 Å². The molecule has 1 N–H and O–H groups in total. The lowest BCUT2D eigenvalue weighted by Gasteiger charge is -2.12. The van der Waals surface area contributed by atoms with Gasteiger partial charge in [-0.3, -0.25) is 0 Å². The molecular weight excluding hydrogens is 266 g/mol. The minimum atomic E-state index is -0.537. The van der Waals surface area contributed by atoms with Gasteiger partial charge in [-0.1, -0.05) is 12.1 Å². The molecule has 0 aliphatic heterocycles. The number of nitriles is 1. The van der Waals surface area contributed by atoms with E-state index in [0.29, 0.717) is 23.7 Å². The van der Waals surface area contributed by atoms with Crippen molar-refractivity contribution in [1.29, 1.82) is 5.26 Å². The Hall–Kier alpha value is -2.51. The van der Waals surface area contributed by atoms with Gasteiger partial charge in [0.15, 0.2) is 0 Å². The van der Waals surface area contributed by atoms with Gasteiger partial charge in [0.2, 0.25) is 0 Å². The molecule has 2 rings (SSSR count). The van der Waals surface area contributed by atoms with E-state index in [-0.39, 0.29) is 0 Å². The Bertz CT molecular complexity index is 659. The summed E-state index contributed by atoms with van der Waals surface area (Å²) in [5.41, 5.74) is 2.16. The molecule has 0 fully saturated rings. The zero-order valence-corrected chi connectivity index (χ0v) is 12.0. The fourth-order valence-corrected chi connectivity index (χ4v) is 1.99. The van der Waals surface area contributed by atoms with Crippen molar-refractivity contribution in [2.75, 3.05) is 7.11 Å². The van der Waals surface area contributed by atoms with E-state index in [9.17, 15) is 5.11 Å². The Kier molecular flexibility index (Phi) is 4.81. The summed E-state index contributed by atoms with van der Waals surface area (Å²) in [5.74, 6) is 1.35. The average molecular weight is 283 g/mol. The van der Waals surface area contributed by atoms with Crippen molar-refractivity contribution < 1.29 is 14.6 Å². The Balaban J connectivity index is 2.16. The van der Waals surface area contributed by atoms with E-state index in [1.165, 1.54) is 0 Å². The van der Waals surface area contributed by atoms with Crippen molar-refractivity contribution in [2.45, 2.75) is 19.6 Å². The Labute approximate surface area is 124 Å². The molecule has 0 aliphatic rings. The second-order valence-corrected chi connectivity index (χ2v) is 4.68. The number of benzene rings is 2. The number of hydrogen-bond donors (Lipinski definition) is 1. The van der Waals surface area contributed by atoms with Gasteiger partial charge in [-0.25, -0.2) is 0 Å². The van der Waals surface area contributed by atoms with E-state index in [1.54, 1.807) is 38.3 Å². The number of hydrogen-bond acceptors (Lipinski definition) is 4. The molecule has 1 unspecified atom stereocenters. The minimum Gasteiger partial charge on any atom is -0.496 e. The topological polar surface area (TPSA) is 62.5 Å². The predicted molar refractivity (Wildman–Crippen MR) is 79.1 cm³/mol. The molecule has 0 radical (unpaired) electrons. The van der Waals surface area contributed by atoms with Gasteiger partial charge < -0.3 is 14.6 Å². The van der Waals surface area contributed by atoms with Crippen LogP contribution in [0.5, 0.6) is 11.5 Å². The van der Waals surface area contributed by atoms with E-state index >= 15 is 0 Å². The van der Waals surface area contributed by atoms with E-state index in [1.807, 2.05) is 18.2 Å². The molecule has 0 bridgehead atoms. The van der Waals surface area contributed by atoms with Crippen molar-refractivity contribution in [2.24, 2.45) is 0 Å². The highest BCUT2D eigenvalue weighted by atomic mass is 16.5. The maximum Gasteiger partial charge on any atom is 0.125 e. The van der Waals surface area contributed by atoms with Gasteiger partial charge in [-0.15, -0.1) is 0 Å². The molecule has 0 heterocycles. The molecule has 1 atom stereocenters. The second kappa shape index (κ2) is 6.78. The van der Waals surface area contributed by atoms with Crippen molar-refractivity contribution in [3.8, 4) is 17.6 Å². The standard InChI is InChI=1S/C17H17NO3/c1-12(19)14-4-3-5-16(9-14)21-11-15-8-13(10-18)6-7-17(15)20-2/h3-9,12,19H,11H2,1-2H3. The van der Waals surface area contributed by atoms with Crippen LogP contribution >= 0.6 is 0 Å². The minimum absolute atomic E-state index is 0.294. The van der Waals surface area contributed by atoms with Crippen molar-refractivity contribution >= 4 is 0 Å². The molecule has 0 amide bonds. The molecule has 2 aromatic carbocycles. The fraction of sp³-hybridized carbons (Fsp3) is 0.235. The quantitative estimate of drug-likeness (QED) is 0.915. The van der Waals surface area contributed by atoms with Crippen molar-refractivity contribution in [3.05, 3.63) is 59.2 Å². The molecule has 21 heavy (non-hydrogen) atoms. The van der Waals surface area contributed by atoms with Gasteiger partial charge in [0, 0.05) is 5.56 Å². The summed E-state index contributed by atoms with van der Waals surface area (Å²) in [6.45, 7) is 2.00. The lowest BCUT2D eigenvalue weighted by Crippen LogP contribution is -2.00. The summed E-state index contributed by atoms with van der Waals surface area (Å²) in [5, 5.41) is 18.5. The third-order valence-electron chi connectivity index (χ3n) is 3.14. The predicted octanol–water partition coefficient (Wildman–Crippen LogP) is 3.20. The second-order valence-electron chi connectivity index (χ2n) is 4.68. The highest BCUT2D eigenvalue weighted by Crippen LogP contribution is 2.23. The van der Waals surface area contributed by atoms with Crippen molar-refractivity contribution in [3.63, 3.8) is 0 Å². The van der Waals surface area contributed by atoms with Crippen LogP contribution in [0.25, 0.3) is 0 Å². The fourth-order valence-electron chi connectivity index (χ4n) is 1.99. The third kappa shape index (κ3) is 3.74. The van der Waals surface area contributed by atoms with Crippen LogP contribution in [0.3, 0.4) is 0 Å². The van der Waals surface area contributed by atoms with Gasteiger partial charge >= 0.3 is 0 Å². The number of rotatable bonds is 5. The van der Waals surface area contributed by atoms with E-state index in [0.717, 1.165) is 11.1 Å². The summed E-state index contributed by atoms with van der Waals surface area (Å²) in [6, 6.07) is 14.6. The molecule has 108 valence electrons. The molecule has 0 spiro atoms. The Morgan fingerprint density at radius 1 is 1.24 bits per heavy atom. The smallest absolute Gasteiger partial charge is 0.125 e. The van der Waals surface area contributed by atoms with E-state index in [4.69, 9.17) is 14.7 Å². The van der Waals surface area contributed by atoms with Crippen LogP contribution in [0.4, 0.5) is 0 Å². The van der Waals surface area contributed by atoms with Gasteiger partial charge in [-0.2, -0.15) is 5.26 Å². The average Bonchev–Trinajstić information content (AvgIpc) is 2.52. The van der Waals surface area contributed by atoms with Crippen LogP contribution in [0.15, 0.2) is 42.5 Å². The maximum atomic E-state index is 9.57. The molecule has 0 aromatic heterocycles. The van der Waals surface area contributed by atoms with Gasteiger partial charge in [0.1, 0.15) is 18.1 Å². The lowest BCUT2D eigenvalue weighted by atomic mass is 10.1.